The highest BCUT2D eigenvalue weighted by molar-refractivity contribution is 5.43. The molecule has 1 N–H and O–H groups in total. The van der Waals surface area contributed by atoms with Crippen molar-refractivity contribution < 1.29 is 0 Å². The molecule has 3 heteroatoms. The van der Waals surface area contributed by atoms with Crippen molar-refractivity contribution in [2.45, 2.75) is 59.0 Å². The van der Waals surface area contributed by atoms with Gasteiger partial charge in [0.25, 0.3) is 0 Å². The first kappa shape index (κ1) is 14.3. The third-order valence-electron chi connectivity index (χ3n) is 3.50. The second kappa shape index (κ2) is 5.91. The van der Waals surface area contributed by atoms with Gasteiger partial charge in [0.1, 0.15) is 5.82 Å². The largest absolute Gasteiger partial charge is 0.357 e. The number of nitrogens with one attached hydrogen (secondary N) is 1. The van der Waals surface area contributed by atoms with Gasteiger partial charge in [-0.15, -0.1) is 0 Å². The molecular formula is C16H27N3. The van der Waals surface area contributed by atoms with E-state index in [-0.39, 0.29) is 5.54 Å². The van der Waals surface area contributed by atoms with Crippen LogP contribution in [-0.2, 0) is 6.54 Å². The Labute approximate surface area is 117 Å². The van der Waals surface area contributed by atoms with Crippen LogP contribution in [0.15, 0.2) is 12.1 Å². The lowest BCUT2D eigenvalue weighted by Gasteiger charge is -2.28. The molecule has 0 saturated carbocycles. The molecule has 2 rings (SSSR count). The molecule has 0 amide bonds. The molecule has 3 nitrogen and oxygen atoms in total. The van der Waals surface area contributed by atoms with Crippen LogP contribution < -0.4 is 10.2 Å². The van der Waals surface area contributed by atoms with Gasteiger partial charge in [-0.2, -0.15) is 0 Å². The topological polar surface area (TPSA) is 28.2 Å². The third kappa shape index (κ3) is 4.50. The Kier molecular flexibility index (Phi) is 4.46. The maximum absolute atomic E-state index is 4.70. The fourth-order valence-corrected chi connectivity index (χ4v) is 2.48. The van der Waals surface area contributed by atoms with Crippen LogP contribution in [0.4, 0.5) is 5.82 Å². The first-order valence-electron chi connectivity index (χ1n) is 7.42. The number of pyridine rings is 1. The van der Waals surface area contributed by atoms with Crippen molar-refractivity contribution in [1.29, 1.82) is 0 Å². The van der Waals surface area contributed by atoms with Crippen molar-refractivity contribution >= 4 is 5.82 Å². The van der Waals surface area contributed by atoms with Gasteiger partial charge in [-0.1, -0.05) is 0 Å². The smallest absolute Gasteiger partial charge is 0.129 e. The molecule has 0 aliphatic carbocycles. The van der Waals surface area contributed by atoms with Crippen molar-refractivity contribution in [1.82, 2.24) is 10.3 Å². The molecule has 19 heavy (non-hydrogen) atoms. The Morgan fingerprint density at radius 1 is 1.16 bits per heavy atom. The molecule has 0 radical (unpaired) electrons. The molecule has 0 bridgehead atoms. The van der Waals surface area contributed by atoms with E-state index in [1.165, 1.54) is 24.8 Å². The molecule has 1 fully saturated rings. The van der Waals surface area contributed by atoms with Crippen LogP contribution in [0.3, 0.4) is 0 Å². The van der Waals surface area contributed by atoms with E-state index in [2.05, 4.69) is 50.0 Å². The molecule has 106 valence electrons. The molecule has 0 unspecified atom stereocenters. The Morgan fingerprint density at radius 2 is 1.84 bits per heavy atom. The lowest BCUT2D eigenvalue weighted by atomic mass is 10.1. The van der Waals surface area contributed by atoms with Crippen molar-refractivity contribution in [3.05, 3.63) is 23.4 Å². The van der Waals surface area contributed by atoms with Crippen LogP contribution in [-0.4, -0.2) is 23.6 Å². The van der Waals surface area contributed by atoms with Gasteiger partial charge in [-0.3, -0.25) is 0 Å². The van der Waals surface area contributed by atoms with Crippen molar-refractivity contribution in [3.8, 4) is 0 Å². The predicted molar refractivity (Wildman–Crippen MR) is 81.6 cm³/mol. The summed E-state index contributed by atoms with van der Waals surface area (Å²) >= 11 is 0. The van der Waals surface area contributed by atoms with E-state index in [1.807, 2.05) is 0 Å². The van der Waals surface area contributed by atoms with Crippen LogP contribution >= 0.6 is 0 Å². The Balaban J connectivity index is 2.10. The summed E-state index contributed by atoms with van der Waals surface area (Å²) in [4.78, 5) is 7.13. The zero-order chi connectivity index (χ0) is 13.9. The van der Waals surface area contributed by atoms with Crippen LogP contribution in [0.1, 0.15) is 51.3 Å². The van der Waals surface area contributed by atoms with Gasteiger partial charge in [0.15, 0.2) is 0 Å². The van der Waals surface area contributed by atoms with Gasteiger partial charge in [-0.25, -0.2) is 4.98 Å². The van der Waals surface area contributed by atoms with Gasteiger partial charge < -0.3 is 10.2 Å². The molecule has 0 aromatic carbocycles. The Morgan fingerprint density at radius 3 is 2.47 bits per heavy atom. The van der Waals surface area contributed by atoms with E-state index in [1.54, 1.807) is 0 Å². The lowest BCUT2D eigenvalue weighted by Crippen LogP contribution is -2.35. The second-order valence-corrected chi connectivity index (χ2v) is 6.63. The van der Waals surface area contributed by atoms with Crippen LogP contribution in [0.2, 0.25) is 0 Å². The molecule has 1 aromatic rings. The molecule has 2 heterocycles. The summed E-state index contributed by atoms with van der Waals surface area (Å²) in [7, 11) is 0. The van der Waals surface area contributed by atoms with Gasteiger partial charge in [-0.05, 0) is 64.7 Å². The fraction of sp³-hybridized carbons (Fsp3) is 0.688. The van der Waals surface area contributed by atoms with Crippen molar-refractivity contribution in [2.24, 2.45) is 0 Å². The van der Waals surface area contributed by atoms with Gasteiger partial charge in [0, 0.05) is 30.9 Å². The molecular weight excluding hydrogens is 234 g/mol. The first-order valence-corrected chi connectivity index (χ1v) is 7.42. The number of hydrogen-bond donors (Lipinski definition) is 1. The summed E-state index contributed by atoms with van der Waals surface area (Å²) in [5.74, 6) is 1.16. The zero-order valence-corrected chi connectivity index (χ0v) is 12.8. The minimum absolute atomic E-state index is 0.155. The van der Waals surface area contributed by atoms with Gasteiger partial charge in [0.05, 0.1) is 0 Å². The summed E-state index contributed by atoms with van der Waals surface area (Å²) in [6.07, 6.45) is 3.96. The average molecular weight is 261 g/mol. The van der Waals surface area contributed by atoms with Crippen molar-refractivity contribution in [3.63, 3.8) is 0 Å². The van der Waals surface area contributed by atoms with E-state index in [0.717, 1.165) is 31.1 Å². The van der Waals surface area contributed by atoms with Crippen LogP contribution in [0, 0.1) is 6.92 Å². The number of anilines is 1. The fourth-order valence-electron chi connectivity index (χ4n) is 2.48. The predicted octanol–water partition coefficient (Wildman–Crippen LogP) is 3.27. The maximum atomic E-state index is 4.70. The highest BCUT2D eigenvalue weighted by Gasteiger charge is 2.14. The van der Waals surface area contributed by atoms with E-state index >= 15 is 0 Å². The Hall–Kier alpha value is -1.09. The summed E-state index contributed by atoms with van der Waals surface area (Å²) < 4.78 is 0. The molecule has 1 aliphatic rings. The zero-order valence-electron chi connectivity index (χ0n) is 12.8. The molecule has 1 aromatic heterocycles. The molecule has 1 saturated heterocycles. The highest BCUT2D eigenvalue weighted by Crippen LogP contribution is 2.20. The molecule has 0 atom stereocenters. The number of hydrogen-bond acceptors (Lipinski definition) is 3. The third-order valence-corrected chi connectivity index (χ3v) is 3.50. The minimum atomic E-state index is 0.155. The van der Waals surface area contributed by atoms with E-state index in [9.17, 15) is 0 Å². The maximum Gasteiger partial charge on any atom is 0.129 e. The number of piperidine rings is 1. The number of aryl methyl sites for hydroxylation is 1. The SMILES string of the molecule is Cc1cc(CNC(C)(C)C)cc(N2CCCCC2)n1. The number of rotatable bonds is 3. The molecule has 1 aliphatic heterocycles. The van der Waals surface area contributed by atoms with E-state index in [0.29, 0.717) is 0 Å². The average Bonchev–Trinajstić information content (AvgIpc) is 2.36. The lowest BCUT2D eigenvalue weighted by molar-refractivity contribution is 0.424. The quantitative estimate of drug-likeness (QED) is 0.905. The summed E-state index contributed by atoms with van der Waals surface area (Å²) in [5, 5.41) is 3.55. The highest BCUT2D eigenvalue weighted by atomic mass is 15.2. The van der Waals surface area contributed by atoms with Crippen LogP contribution in [0.5, 0.6) is 0 Å². The first-order chi connectivity index (χ1) is 8.94. The van der Waals surface area contributed by atoms with E-state index in [4.69, 9.17) is 4.98 Å². The van der Waals surface area contributed by atoms with E-state index < -0.39 is 0 Å². The van der Waals surface area contributed by atoms with Gasteiger partial charge >= 0.3 is 0 Å². The standard InChI is InChI=1S/C16H27N3/c1-13-10-14(12-17-16(2,3)4)11-15(18-13)19-8-6-5-7-9-19/h10-11,17H,5-9,12H2,1-4H3. The molecule has 0 spiro atoms. The number of aromatic nitrogens is 1. The Bertz CT molecular complexity index is 414. The van der Waals surface area contributed by atoms with Crippen LogP contribution in [0.25, 0.3) is 0 Å². The number of nitrogens with zero attached hydrogens (tertiary/aromatic N) is 2. The minimum Gasteiger partial charge on any atom is -0.357 e. The second-order valence-electron chi connectivity index (χ2n) is 6.63. The summed E-state index contributed by atoms with van der Waals surface area (Å²) in [6.45, 7) is 11.9. The normalized spacial score (nSPS) is 16.7. The summed E-state index contributed by atoms with van der Waals surface area (Å²) in [6, 6.07) is 4.43. The summed E-state index contributed by atoms with van der Waals surface area (Å²) in [5.41, 5.74) is 2.61. The van der Waals surface area contributed by atoms with Crippen molar-refractivity contribution in [2.75, 3.05) is 18.0 Å². The monoisotopic (exact) mass is 261 g/mol. The van der Waals surface area contributed by atoms with Gasteiger partial charge in [0.2, 0.25) is 0 Å².